The van der Waals surface area contributed by atoms with E-state index >= 15 is 0 Å². The Morgan fingerprint density at radius 3 is 2.85 bits per heavy atom. The van der Waals surface area contributed by atoms with Gasteiger partial charge in [-0.05, 0) is 31.9 Å². The Labute approximate surface area is 158 Å². The van der Waals surface area contributed by atoms with Crippen LogP contribution in [0.2, 0.25) is 5.02 Å². The summed E-state index contributed by atoms with van der Waals surface area (Å²) >= 11 is 6.15. The molecule has 2 aromatic rings. The van der Waals surface area contributed by atoms with Crippen molar-refractivity contribution >= 4 is 17.6 Å². The van der Waals surface area contributed by atoms with Crippen LogP contribution in [-0.2, 0) is 0 Å². The normalized spacial score (nSPS) is 17.2. The summed E-state index contributed by atoms with van der Waals surface area (Å²) in [6.45, 7) is 4.54. The van der Waals surface area contributed by atoms with Gasteiger partial charge in [-0.25, -0.2) is 4.98 Å². The molecule has 1 atom stereocenters. The van der Waals surface area contributed by atoms with Gasteiger partial charge in [-0.15, -0.1) is 0 Å². The molecule has 1 aliphatic heterocycles. The number of H-pyrrole nitrogens is 1. The molecule has 1 unspecified atom stereocenters. The molecule has 1 aliphatic rings. The number of guanidine groups is 1. The van der Waals surface area contributed by atoms with Gasteiger partial charge in [-0.1, -0.05) is 23.7 Å². The number of halogens is 1. The predicted molar refractivity (Wildman–Crippen MR) is 103 cm³/mol. The van der Waals surface area contributed by atoms with E-state index in [1.807, 2.05) is 38.2 Å². The number of nitrogens with zero attached hydrogens (tertiary/aromatic N) is 4. The number of likely N-dealkylation sites (tertiary alicyclic amines) is 1. The van der Waals surface area contributed by atoms with E-state index in [1.54, 1.807) is 6.33 Å². The Hall–Kier alpha value is -2.28. The Balaban J connectivity index is 1.47. The third kappa shape index (κ3) is 4.66. The third-order valence-electron chi connectivity index (χ3n) is 4.54. The zero-order chi connectivity index (χ0) is 18.4. The molecule has 26 heavy (non-hydrogen) atoms. The Morgan fingerprint density at radius 1 is 1.42 bits per heavy atom. The first-order chi connectivity index (χ1) is 12.7. The van der Waals surface area contributed by atoms with Gasteiger partial charge in [-0.3, -0.25) is 10.1 Å². The van der Waals surface area contributed by atoms with Crippen LogP contribution in [0.4, 0.5) is 0 Å². The molecule has 2 N–H and O–H groups in total. The number of nitrogens with one attached hydrogen (secondary N) is 2. The first-order valence-electron chi connectivity index (χ1n) is 8.89. The zero-order valence-corrected chi connectivity index (χ0v) is 15.9. The maximum Gasteiger partial charge on any atom is 0.193 e. The summed E-state index contributed by atoms with van der Waals surface area (Å²) in [7, 11) is 1.81. The molecule has 3 rings (SSSR count). The Kier molecular flexibility index (Phi) is 6.33. The molecular formula is C18H25ClN6O. The fraction of sp³-hybridized carbons (Fsp3) is 0.500. The quantitative estimate of drug-likeness (QED) is 0.619. The molecule has 1 aromatic carbocycles. The molecule has 2 heterocycles. The summed E-state index contributed by atoms with van der Waals surface area (Å²) in [4.78, 5) is 11.0. The summed E-state index contributed by atoms with van der Waals surface area (Å²) in [5.41, 5.74) is 0. The molecule has 8 heteroatoms. The van der Waals surface area contributed by atoms with Crippen molar-refractivity contribution in [3.05, 3.63) is 41.4 Å². The van der Waals surface area contributed by atoms with E-state index in [2.05, 4.69) is 30.4 Å². The lowest BCUT2D eigenvalue weighted by molar-refractivity contribution is 0.220. The summed E-state index contributed by atoms with van der Waals surface area (Å²) in [5.74, 6) is 3.02. The zero-order valence-electron chi connectivity index (χ0n) is 15.2. The van der Waals surface area contributed by atoms with Crippen molar-refractivity contribution in [2.24, 2.45) is 4.99 Å². The molecule has 140 valence electrons. The highest BCUT2D eigenvalue weighted by atomic mass is 35.5. The molecule has 0 saturated carbocycles. The average molecular weight is 377 g/mol. The van der Waals surface area contributed by atoms with Crippen LogP contribution in [0.1, 0.15) is 31.5 Å². The topological polar surface area (TPSA) is 78.4 Å². The Bertz CT molecular complexity index is 712. The highest BCUT2D eigenvalue weighted by molar-refractivity contribution is 6.32. The molecule has 0 spiro atoms. The molecule has 0 bridgehead atoms. The van der Waals surface area contributed by atoms with Gasteiger partial charge in [0.05, 0.1) is 11.6 Å². The van der Waals surface area contributed by atoms with Gasteiger partial charge < -0.3 is 15.0 Å². The highest BCUT2D eigenvalue weighted by Gasteiger charge is 2.24. The summed E-state index contributed by atoms with van der Waals surface area (Å²) in [5, 5.41) is 11.0. The number of piperidine rings is 1. The van der Waals surface area contributed by atoms with Crippen LogP contribution in [0.15, 0.2) is 35.6 Å². The Morgan fingerprint density at radius 2 is 2.19 bits per heavy atom. The minimum absolute atomic E-state index is 0.0293. The molecule has 0 radical (unpaired) electrons. The fourth-order valence-electron chi connectivity index (χ4n) is 3.14. The molecule has 1 fully saturated rings. The predicted octanol–water partition coefficient (Wildman–Crippen LogP) is 2.68. The summed E-state index contributed by atoms with van der Waals surface area (Å²) < 4.78 is 5.91. The van der Waals surface area contributed by atoms with Gasteiger partial charge in [0.2, 0.25) is 0 Å². The first kappa shape index (κ1) is 18.5. The van der Waals surface area contributed by atoms with Gasteiger partial charge in [0.1, 0.15) is 24.0 Å². The number of aliphatic imine (C=N–C) groups is 1. The number of benzene rings is 1. The number of ether oxygens (including phenoxy) is 1. The van der Waals surface area contributed by atoms with E-state index in [9.17, 15) is 0 Å². The number of hydrogen-bond donors (Lipinski definition) is 2. The van der Waals surface area contributed by atoms with Crippen LogP contribution < -0.4 is 10.1 Å². The van der Waals surface area contributed by atoms with Crippen LogP contribution in [-0.4, -0.2) is 58.8 Å². The summed E-state index contributed by atoms with van der Waals surface area (Å²) in [6, 6.07) is 7.51. The fourth-order valence-corrected chi connectivity index (χ4v) is 3.32. The minimum atomic E-state index is -0.0293. The first-order valence-corrected chi connectivity index (χ1v) is 9.27. The van der Waals surface area contributed by atoms with E-state index in [0.29, 0.717) is 23.2 Å². The highest BCUT2D eigenvalue weighted by Crippen LogP contribution is 2.25. The molecule has 0 aliphatic carbocycles. The standard InChI is InChI=1S/C18H25ClN6O/c1-13(26-16-6-4-3-5-15(16)19)11-21-18(20-2)25-9-7-14(8-10-25)17-22-12-23-24-17/h3-6,12-14H,7-11H2,1-2H3,(H,20,21)(H,22,23,24). The number of rotatable bonds is 5. The largest absolute Gasteiger partial charge is 0.487 e. The van der Waals surface area contributed by atoms with Crippen LogP contribution in [0.5, 0.6) is 5.75 Å². The van der Waals surface area contributed by atoms with E-state index in [1.165, 1.54) is 0 Å². The van der Waals surface area contributed by atoms with Crippen LogP contribution >= 0.6 is 11.6 Å². The molecule has 7 nitrogen and oxygen atoms in total. The minimum Gasteiger partial charge on any atom is -0.487 e. The number of hydrogen-bond acceptors (Lipinski definition) is 4. The smallest absolute Gasteiger partial charge is 0.193 e. The molecule has 1 aromatic heterocycles. The molecule has 0 amide bonds. The lowest BCUT2D eigenvalue weighted by atomic mass is 9.96. The van der Waals surface area contributed by atoms with Crippen molar-refractivity contribution in [3.63, 3.8) is 0 Å². The van der Waals surface area contributed by atoms with Crippen molar-refractivity contribution in [2.45, 2.75) is 31.8 Å². The van der Waals surface area contributed by atoms with Crippen molar-refractivity contribution in [1.82, 2.24) is 25.4 Å². The molecule has 1 saturated heterocycles. The number of aromatic amines is 1. The van der Waals surface area contributed by atoms with Crippen molar-refractivity contribution in [1.29, 1.82) is 0 Å². The van der Waals surface area contributed by atoms with Gasteiger partial charge in [0, 0.05) is 26.1 Å². The summed E-state index contributed by atoms with van der Waals surface area (Å²) in [6.07, 6.45) is 3.60. The second kappa shape index (κ2) is 8.89. The monoisotopic (exact) mass is 376 g/mol. The maximum absolute atomic E-state index is 6.15. The van der Waals surface area contributed by atoms with Crippen LogP contribution in [0.3, 0.4) is 0 Å². The van der Waals surface area contributed by atoms with Crippen molar-refractivity contribution in [2.75, 3.05) is 26.7 Å². The van der Waals surface area contributed by atoms with E-state index < -0.39 is 0 Å². The van der Waals surface area contributed by atoms with Crippen LogP contribution in [0, 0.1) is 0 Å². The van der Waals surface area contributed by atoms with Gasteiger partial charge in [0.15, 0.2) is 5.96 Å². The number of aromatic nitrogens is 3. The average Bonchev–Trinajstić information content (AvgIpc) is 3.19. The van der Waals surface area contributed by atoms with E-state index in [4.69, 9.17) is 16.3 Å². The second-order valence-corrected chi connectivity index (χ2v) is 6.83. The van der Waals surface area contributed by atoms with Crippen molar-refractivity contribution in [3.8, 4) is 5.75 Å². The SMILES string of the molecule is CN=C(NCC(C)Oc1ccccc1Cl)N1CCC(c2ncn[nH]2)CC1. The van der Waals surface area contributed by atoms with Crippen molar-refractivity contribution < 1.29 is 4.74 Å². The van der Waals surface area contributed by atoms with Crippen LogP contribution in [0.25, 0.3) is 0 Å². The molecular weight excluding hydrogens is 352 g/mol. The second-order valence-electron chi connectivity index (χ2n) is 6.42. The van der Waals surface area contributed by atoms with Gasteiger partial charge in [0.25, 0.3) is 0 Å². The lowest BCUT2D eigenvalue weighted by Crippen LogP contribution is -2.47. The van der Waals surface area contributed by atoms with Gasteiger partial charge >= 0.3 is 0 Å². The van der Waals surface area contributed by atoms with Gasteiger partial charge in [-0.2, -0.15) is 5.10 Å². The maximum atomic E-state index is 6.15. The lowest BCUT2D eigenvalue weighted by Gasteiger charge is -2.33. The number of para-hydroxylation sites is 1. The van der Waals surface area contributed by atoms with E-state index in [-0.39, 0.29) is 6.10 Å². The van der Waals surface area contributed by atoms with E-state index in [0.717, 1.165) is 37.7 Å². The third-order valence-corrected chi connectivity index (χ3v) is 4.85.